The Morgan fingerprint density at radius 1 is 1.27 bits per heavy atom. The average Bonchev–Trinajstić information content (AvgIpc) is 3.13. The second kappa shape index (κ2) is 9.05. The van der Waals surface area contributed by atoms with Crippen LogP contribution in [0.4, 0.5) is 13.2 Å². The molecule has 1 fully saturated rings. The molecule has 0 bridgehead atoms. The van der Waals surface area contributed by atoms with Gasteiger partial charge in [-0.3, -0.25) is 4.99 Å². The molecule has 0 unspecified atom stereocenters. The van der Waals surface area contributed by atoms with Gasteiger partial charge in [-0.15, -0.1) is 11.3 Å². The smallest absolute Gasteiger partial charge is 0.355 e. The van der Waals surface area contributed by atoms with E-state index >= 15 is 0 Å². The maximum absolute atomic E-state index is 12.7. The Morgan fingerprint density at radius 3 is 2.50 bits per heavy atom. The van der Waals surface area contributed by atoms with Crippen molar-refractivity contribution in [3.8, 4) is 0 Å². The molecule has 11 heteroatoms. The van der Waals surface area contributed by atoms with Crippen molar-refractivity contribution in [3.05, 3.63) is 17.5 Å². The first-order valence-electron chi connectivity index (χ1n) is 8.29. The summed E-state index contributed by atoms with van der Waals surface area (Å²) in [5.74, 6) is -0.766. The minimum atomic E-state index is -4.12. The molecular formula is C15H23F3N4O2S2. The standard InChI is InChI=1S/C15H23F3N4O2S2/c1-19-14(22-12-6-4-11(5-7-12)15(16,17)18)20-8-9-21-26(23,24)13-3-2-10-25-13/h2-3,10-12,21H,4-9H2,1H3,(H2,19,20,22). The van der Waals surface area contributed by atoms with Crippen LogP contribution < -0.4 is 15.4 Å². The zero-order chi connectivity index (χ0) is 19.2. The van der Waals surface area contributed by atoms with Crippen LogP contribution in [0.1, 0.15) is 25.7 Å². The normalized spacial score (nSPS) is 22.2. The summed E-state index contributed by atoms with van der Waals surface area (Å²) in [7, 11) is -1.95. The Kier molecular flexibility index (Phi) is 7.30. The fourth-order valence-electron chi connectivity index (χ4n) is 2.81. The number of hydrogen-bond donors (Lipinski definition) is 3. The lowest BCUT2D eigenvalue weighted by molar-refractivity contribution is -0.182. The summed E-state index contributed by atoms with van der Waals surface area (Å²) in [6.07, 6.45) is -3.05. The molecule has 1 aliphatic rings. The van der Waals surface area contributed by atoms with E-state index < -0.39 is 22.1 Å². The molecule has 148 valence electrons. The molecule has 0 amide bonds. The van der Waals surface area contributed by atoms with Gasteiger partial charge >= 0.3 is 6.18 Å². The average molecular weight is 413 g/mol. The summed E-state index contributed by atoms with van der Waals surface area (Å²) in [5, 5.41) is 7.75. The molecule has 2 rings (SSSR count). The number of alkyl halides is 3. The maximum Gasteiger partial charge on any atom is 0.391 e. The Balaban J connectivity index is 1.70. The van der Waals surface area contributed by atoms with Crippen LogP contribution in [0.3, 0.4) is 0 Å². The molecule has 3 N–H and O–H groups in total. The van der Waals surface area contributed by atoms with Crippen molar-refractivity contribution in [1.82, 2.24) is 15.4 Å². The van der Waals surface area contributed by atoms with Gasteiger partial charge in [0.1, 0.15) is 4.21 Å². The van der Waals surface area contributed by atoms with Crippen molar-refractivity contribution in [2.45, 2.75) is 42.1 Å². The maximum atomic E-state index is 12.7. The van der Waals surface area contributed by atoms with E-state index in [1.54, 1.807) is 18.5 Å². The van der Waals surface area contributed by atoms with E-state index in [0.29, 0.717) is 25.3 Å². The van der Waals surface area contributed by atoms with Gasteiger partial charge in [0.05, 0.1) is 5.92 Å². The Morgan fingerprint density at radius 2 is 1.96 bits per heavy atom. The van der Waals surface area contributed by atoms with Gasteiger partial charge in [-0.2, -0.15) is 13.2 Å². The molecule has 0 aliphatic heterocycles. The highest BCUT2D eigenvalue weighted by Gasteiger charge is 2.41. The van der Waals surface area contributed by atoms with Crippen LogP contribution in [0.5, 0.6) is 0 Å². The number of nitrogens with one attached hydrogen (secondary N) is 3. The molecular weight excluding hydrogens is 389 g/mol. The largest absolute Gasteiger partial charge is 0.391 e. The molecule has 1 heterocycles. The number of nitrogens with zero attached hydrogens (tertiary/aromatic N) is 1. The highest BCUT2D eigenvalue weighted by Crippen LogP contribution is 2.37. The lowest BCUT2D eigenvalue weighted by Gasteiger charge is -2.31. The van der Waals surface area contributed by atoms with Gasteiger partial charge in [0.25, 0.3) is 0 Å². The van der Waals surface area contributed by atoms with Gasteiger partial charge in [-0.1, -0.05) is 6.07 Å². The zero-order valence-electron chi connectivity index (χ0n) is 14.3. The quantitative estimate of drug-likeness (QED) is 0.380. The van der Waals surface area contributed by atoms with E-state index in [0.717, 1.165) is 11.3 Å². The molecule has 0 aromatic carbocycles. The van der Waals surface area contributed by atoms with E-state index in [-0.39, 0.29) is 29.6 Å². The van der Waals surface area contributed by atoms with Gasteiger partial charge in [0, 0.05) is 26.2 Å². The molecule has 1 aliphatic carbocycles. The van der Waals surface area contributed by atoms with E-state index in [2.05, 4.69) is 20.3 Å². The third kappa shape index (κ3) is 6.13. The third-order valence-electron chi connectivity index (χ3n) is 4.22. The molecule has 0 spiro atoms. The highest BCUT2D eigenvalue weighted by atomic mass is 32.2. The molecule has 1 saturated carbocycles. The molecule has 6 nitrogen and oxygen atoms in total. The Bertz CT molecular complexity index is 682. The fourth-order valence-corrected chi connectivity index (χ4v) is 4.88. The SMILES string of the molecule is CN=C(NCCNS(=O)(=O)c1cccs1)NC1CCC(C(F)(F)F)CC1. The van der Waals surface area contributed by atoms with Gasteiger partial charge in [0.2, 0.25) is 10.0 Å². The molecule has 0 atom stereocenters. The number of guanidine groups is 1. The van der Waals surface area contributed by atoms with Crippen molar-refractivity contribution in [1.29, 1.82) is 0 Å². The molecule has 0 saturated heterocycles. The summed E-state index contributed by atoms with van der Waals surface area (Å²) in [4.78, 5) is 4.03. The lowest BCUT2D eigenvalue weighted by Crippen LogP contribution is -2.47. The van der Waals surface area contributed by atoms with Crippen LogP contribution in [0.2, 0.25) is 0 Å². The molecule has 26 heavy (non-hydrogen) atoms. The summed E-state index contributed by atoms with van der Waals surface area (Å²) < 4.78 is 64.7. The second-order valence-electron chi connectivity index (χ2n) is 6.06. The van der Waals surface area contributed by atoms with Crippen LogP contribution in [0, 0.1) is 5.92 Å². The van der Waals surface area contributed by atoms with Gasteiger partial charge in [-0.25, -0.2) is 13.1 Å². The predicted octanol–water partition coefficient (Wildman–Crippen LogP) is 2.31. The van der Waals surface area contributed by atoms with E-state index in [1.165, 1.54) is 6.07 Å². The summed E-state index contributed by atoms with van der Waals surface area (Å²) in [5.41, 5.74) is 0. The number of hydrogen-bond acceptors (Lipinski definition) is 4. The predicted molar refractivity (Wildman–Crippen MR) is 95.8 cm³/mol. The number of halogens is 3. The summed E-state index contributed by atoms with van der Waals surface area (Å²) >= 11 is 1.14. The minimum absolute atomic E-state index is 0.0670. The van der Waals surface area contributed by atoms with Crippen LogP contribution in [-0.4, -0.2) is 46.7 Å². The topological polar surface area (TPSA) is 82.6 Å². The van der Waals surface area contributed by atoms with Crippen LogP contribution >= 0.6 is 11.3 Å². The highest BCUT2D eigenvalue weighted by molar-refractivity contribution is 7.91. The molecule has 1 aromatic rings. The van der Waals surface area contributed by atoms with Crippen LogP contribution in [0.15, 0.2) is 26.7 Å². The molecule has 0 radical (unpaired) electrons. The second-order valence-corrected chi connectivity index (χ2v) is 9.00. The van der Waals surface area contributed by atoms with Crippen LogP contribution in [-0.2, 0) is 10.0 Å². The van der Waals surface area contributed by atoms with Crippen LogP contribution in [0.25, 0.3) is 0 Å². The minimum Gasteiger partial charge on any atom is -0.355 e. The van der Waals surface area contributed by atoms with E-state index in [4.69, 9.17) is 0 Å². The first kappa shape index (κ1) is 21.0. The number of rotatable bonds is 6. The van der Waals surface area contributed by atoms with Crippen molar-refractivity contribution >= 4 is 27.3 Å². The van der Waals surface area contributed by atoms with E-state index in [1.807, 2.05) is 0 Å². The first-order chi connectivity index (χ1) is 12.2. The summed E-state index contributed by atoms with van der Waals surface area (Å²) in [6, 6.07) is 3.12. The van der Waals surface area contributed by atoms with E-state index in [9.17, 15) is 21.6 Å². The monoisotopic (exact) mass is 412 g/mol. The van der Waals surface area contributed by atoms with Gasteiger partial charge in [0.15, 0.2) is 5.96 Å². The summed E-state index contributed by atoms with van der Waals surface area (Å²) in [6.45, 7) is 0.476. The van der Waals surface area contributed by atoms with Crippen molar-refractivity contribution in [2.24, 2.45) is 10.9 Å². The molecule has 1 aromatic heterocycles. The lowest BCUT2D eigenvalue weighted by atomic mass is 9.85. The van der Waals surface area contributed by atoms with Crippen molar-refractivity contribution in [2.75, 3.05) is 20.1 Å². The van der Waals surface area contributed by atoms with Crippen molar-refractivity contribution in [3.63, 3.8) is 0 Å². The first-order valence-corrected chi connectivity index (χ1v) is 10.7. The number of thiophene rings is 1. The third-order valence-corrected chi connectivity index (χ3v) is 7.08. The van der Waals surface area contributed by atoms with Gasteiger partial charge < -0.3 is 10.6 Å². The number of sulfonamides is 1. The van der Waals surface area contributed by atoms with Crippen molar-refractivity contribution < 1.29 is 21.6 Å². The van der Waals surface area contributed by atoms with Gasteiger partial charge in [-0.05, 0) is 37.1 Å². The zero-order valence-corrected chi connectivity index (χ0v) is 16.0. The fraction of sp³-hybridized carbons (Fsp3) is 0.667. The Labute approximate surface area is 155 Å². The number of aliphatic imine (C=N–C) groups is 1. The Hall–Kier alpha value is -1.33.